The van der Waals surface area contributed by atoms with Crippen LogP contribution in [0.1, 0.15) is 13.8 Å². The molecule has 4 nitrogen and oxygen atoms in total. The molecule has 0 fully saturated rings. The minimum Gasteiger partial charge on any atom is -0.326 e. The van der Waals surface area contributed by atoms with Crippen LogP contribution in [0.2, 0.25) is 0 Å². The summed E-state index contributed by atoms with van der Waals surface area (Å²) in [6, 6.07) is 1.87. The molecule has 0 radical (unpaired) electrons. The van der Waals surface area contributed by atoms with Crippen LogP contribution < -0.4 is 10.5 Å². The Kier molecular flexibility index (Phi) is 4.78. The van der Waals surface area contributed by atoms with Crippen LogP contribution in [0, 0.1) is 17.6 Å². The lowest BCUT2D eigenvalue weighted by Crippen LogP contribution is -2.40. The molecule has 1 unspecified atom stereocenters. The molecule has 1 aromatic rings. The molecule has 18 heavy (non-hydrogen) atoms. The molecule has 7 heteroatoms. The van der Waals surface area contributed by atoms with Gasteiger partial charge in [-0.25, -0.2) is 21.9 Å². The van der Waals surface area contributed by atoms with E-state index in [0.717, 1.165) is 12.1 Å². The highest BCUT2D eigenvalue weighted by atomic mass is 32.2. The van der Waals surface area contributed by atoms with E-state index in [-0.39, 0.29) is 12.5 Å². The Labute approximate surface area is 105 Å². The van der Waals surface area contributed by atoms with E-state index >= 15 is 0 Å². The van der Waals surface area contributed by atoms with Crippen LogP contribution in [0.3, 0.4) is 0 Å². The summed E-state index contributed by atoms with van der Waals surface area (Å²) in [5.74, 6) is -1.74. The minimum atomic E-state index is -4.09. The van der Waals surface area contributed by atoms with E-state index in [2.05, 4.69) is 4.72 Å². The van der Waals surface area contributed by atoms with Gasteiger partial charge in [-0.15, -0.1) is 0 Å². The van der Waals surface area contributed by atoms with E-state index in [4.69, 9.17) is 5.73 Å². The van der Waals surface area contributed by atoms with Gasteiger partial charge in [0.2, 0.25) is 10.0 Å². The number of sulfonamides is 1. The van der Waals surface area contributed by atoms with Crippen LogP contribution in [0.4, 0.5) is 8.78 Å². The van der Waals surface area contributed by atoms with Crippen molar-refractivity contribution in [1.82, 2.24) is 4.72 Å². The Hall–Kier alpha value is -1.05. The number of rotatable bonds is 5. The zero-order valence-electron chi connectivity index (χ0n) is 10.2. The van der Waals surface area contributed by atoms with Crippen molar-refractivity contribution in [2.75, 3.05) is 6.54 Å². The van der Waals surface area contributed by atoms with Crippen molar-refractivity contribution in [2.24, 2.45) is 11.7 Å². The third-order valence-corrected chi connectivity index (χ3v) is 3.99. The molecule has 0 heterocycles. The molecule has 0 aliphatic carbocycles. The van der Waals surface area contributed by atoms with E-state index in [9.17, 15) is 17.2 Å². The zero-order chi connectivity index (χ0) is 13.9. The summed E-state index contributed by atoms with van der Waals surface area (Å²) in [6.07, 6.45) is 0. The second-order valence-electron chi connectivity index (χ2n) is 4.33. The van der Waals surface area contributed by atoms with E-state index in [0.29, 0.717) is 6.07 Å². The molecule has 0 amide bonds. The molecule has 0 aliphatic rings. The van der Waals surface area contributed by atoms with Crippen LogP contribution in [0.25, 0.3) is 0 Å². The lowest BCUT2D eigenvalue weighted by Gasteiger charge is -2.16. The van der Waals surface area contributed by atoms with Crippen LogP contribution in [0.5, 0.6) is 0 Å². The molecule has 1 atom stereocenters. The van der Waals surface area contributed by atoms with Gasteiger partial charge in [0.15, 0.2) is 0 Å². The molecule has 0 spiro atoms. The van der Waals surface area contributed by atoms with Gasteiger partial charge in [-0.3, -0.25) is 0 Å². The second-order valence-corrected chi connectivity index (χ2v) is 6.07. The summed E-state index contributed by atoms with van der Waals surface area (Å²) < 4.78 is 51.9. The van der Waals surface area contributed by atoms with Crippen LogP contribution >= 0.6 is 0 Å². The third-order valence-electron chi connectivity index (χ3n) is 2.55. The first-order valence-electron chi connectivity index (χ1n) is 5.44. The summed E-state index contributed by atoms with van der Waals surface area (Å²) >= 11 is 0. The van der Waals surface area contributed by atoms with Crippen molar-refractivity contribution in [3.63, 3.8) is 0 Å². The summed E-state index contributed by atoms with van der Waals surface area (Å²) in [6.45, 7) is 3.64. The fraction of sp³-hybridized carbons (Fsp3) is 0.455. The van der Waals surface area contributed by atoms with Gasteiger partial charge in [0, 0.05) is 12.6 Å². The van der Waals surface area contributed by atoms with Crippen molar-refractivity contribution >= 4 is 10.0 Å². The first-order valence-corrected chi connectivity index (χ1v) is 6.92. The standard InChI is InChI=1S/C11H16F2N2O2S/c1-7(2)10(14)6-15-18(16,17)11-5-8(12)3-4-9(11)13/h3-5,7,10,15H,6,14H2,1-2H3. The van der Waals surface area contributed by atoms with Gasteiger partial charge in [-0.05, 0) is 24.1 Å². The summed E-state index contributed by atoms with van der Waals surface area (Å²) in [4.78, 5) is -0.710. The van der Waals surface area contributed by atoms with Crippen LogP contribution in [-0.2, 0) is 10.0 Å². The highest BCUT2D eigenvalue weighted by Crippen LogP contribution is 2.15. The normalized spacial score (nSPS) is 13.9. The first-order chi connectivity index (χ1) is 8.24. The molecule has 0 saturated heterocycles. The van der Waals surface area contributed by atoms with Gasteiger partial charge < -0.3 is 5.73 Å². The van der Waals surface area contributed by atoms with Gasteiger partial charge in [0.05, 0.1) is 0 Å². The molecule has 0 aliphatic heterocycles. The maximum absolute atomic E-state index is 13.3. The molecule has 0 aromatic heterocycles. The molecular formula is C11H16F2N2O2S. The van der Waals surface area contributed by atoms with E-state index in [1.165, 1.54) is 0 Å². The van der Waals surface area contributed by atoms with Crippen molar-refractivity contribution in [1.29, 1.82) is 0 Å². The largest absolute Gasteiger partial charge is 0.326 e. The van der Waals surface area contributed by atoms with Gasteiger partial charge in [0.25, 0.3) is 0 Å². The number of benzene rings is 1. The van der Waals surface area contributed by atoms with Crippen LogP contribution in [0.15, 0.2) is 23.1 Å². The predicted molar refractivity (Wildman–Crippen MR) is 64.4 cm³/mol. The minimum absolute atomic E-state index is 0.0318. The fourth-order valence-electron chi connectivity index (χ4n) is 1.20. The molecular weight excluding hydrogens is 262 g/mol. The average Bonchev–Trinajstić information content (AvgIpc) is 2.29. The number of nitrogens with two attached hydrogens (primary N) is 1. The maximum atomic E-state index is 13.3. The van der Waals surface area contributed by atoms with E-state index in [1.54, 1.807) is 0 Å². The van der Waals surface area contributed by atoms with Crippen molar-refractivity contribution in [3.05, 3.63) is 29.8 Å². The second kappa shape index (κ2) is 5.73. The maximum Gasteiger partial charge on any atom is 0.243 e. The molecule has 3 N–H and O–H groups in total. The Balaban J connectivity index is 2.90. The number of hydrogen-bond acceptors (Lipinski definition) is 3. The van der Waals surface area contributed by atoms with E-state index < -0.39 is 32.6 Å². The van der Waals surface area contributed by atoms with Crippen molar-refractivity contribution in [2.45, 2.75) is 24.8 Å². The number of hydrogen-bond donors (Lipinski definition) is 2. The lowest BCUT2D eigenvalue weighted by molar-refractivity contribution is 0.479. The first kappa shape index (κ1) is 15.0. The number of nitrogens with one attached hydrogen (secondary N) is 1. The Bertz CT molecular complexity index is 518. The highest BCUT2D eigenvalue weighted by molar-refractivity contribution is 7.89. The Morgan fingerprint density at radius 2 is 1.94 bits per heavy atom. The Morgan fingerprint density at radius 3 is 2.50 bits per heavy atom. The molecule has 1 rings (SSSR count). The lowest BCUT2D eigenvalue weighted by atomic mass is 10.1. The highest BCUT2D eigenvalue weighted by Gasteiger charge is 2.21. The van der Waals surface area contributed by atoms with Crippen LogP contribution in [-0.4, -0.2) is 21.0 Å². The monoisotopic (exact) mass is 278 g/mol. The van der Waals surface area contributed by atoms with Gasteiger partial charge in [-0.2, -0.15) is 0 Å². The summed E-state index contributed by atoms with van der Waals surface area (Å²) in [5, 5.41) is 0. The molecule has 0 saturated carbocycles. The molecule has 1 aromatic carbocycles. The molecule has 102 valence electrons. The molecule has 0 bridgehead atoms. The summed E-state index contributed by atoms with van der Waals surface area (Å²) in [5.41, 5.74) is 5.67. The summed E-state index contributed by atoms with van der Waals surface area (Å²) in [7, 11) is -4.09. The number of halogens is 2. The topological polar surface area (TPSA) is 72.2 Å². The van der Waals surface area contributed by atoms with Gasteiger partial charge in [-0.1, -0.05) is 13.8 Å². The van der Waals surface area contributed by atoms with Gasteiger partial charge in [0.1, 0.15) is 16.5 Å². The smallest absolute Gasteiger partial charge is 0.243 e. The van der Waals surface area contributed by atoms with Crippen molar-refractivity contribution in [3.8, 4) is 0 Å². The fourth-order valence-corrected chi connectivity index (χ4v) is 2.36. The van der Waals surface area contributed by atoms with E-state index in [1.807, 2.05) is 13.8 Å². The predicted octanol–water partition coefficient (Wildman–Crippen LogP) is 1.23. The van der Waals surface area contributed by atoms with Crippen molar-refractivity contribution < 1.29 is 17.2 Å². The Morgan fingerprint density at radius 1 is 1.33 bits per heavy atom. The zero-order valence-corrected chi connectivity index (χ0v) is 11.0. The average molecular weight is 278 g/mol. The third kappa shape index (κ3) is 3.72. The van der Waals surface area contributed by atoms with Gasteiger partial charge >= 0.3 is 0 Å². The SMILES string of the molecule is CC(C)C(N)CNS(=O)(=O)c1cc(F)ccc1F. The quantitative estimate of drug-likeness (QED) is 0.851.